The lowest BCUT2D eigenvalue weighted by Crippen LogP contribution is -2.50. The summed E-state index contributed by atoms with van der Waals surface area (Å²) in [5.41, 5.74) is 0.517. The minimum absolute atomic E-state index is 0.0144. The van der Waals surface area contributed by atoms with E-state index in [-0.39, 0.29) is 54.4 Å². The number of likely N-dealkylation sites (N-methyl/N-ethyl adjacent to an activating group) is 1. The lowest BCUT2D eigenvalue weighted by molar-refractivity contribution is -0.116. The number of aliphatic hydroxyl groups excluding tert-OH is 1. The average molecular weight is 562 g/mol. The van der Waals surface area contributed by atoms with Crippen LogP contribution in [0.25, 0.3) is 0 Å². The second kappa shape index (κ2) is 11.5. The van der Waals surface area contributed by atoms with E-state index < -0.39 is 28.1 Å². The summed E-state index contributed by atoms with van der Waals surface area (Å²) in [4.78, 5) is 31.5. The van der Waals surface area contributed by atoms with Crippen molar-refractivity contribution in [3.8, 4) is 5.75 Å². The van der Waals surface area contributed by atoms with Crippen LogP contribution < -0.4 is 10.1 Å². The Morgan fingerprint density at radius 3 is 2.74 bits per heavy atom. The number of imidazole rings is 1. The van der Waals surface area contributed by atoms with Gasteiger partial charge in [-0.3, -0.25) is 9.59 Å². The highest BCUT2D eigenvalue weighted by molar-refractivity contribution is 7.89. The topological polar surface area (TPSA) is 178 Å². The molecule has 2 amide bonds. The van der Waals surface area contributed by atoms with E-state index in [1.54, 1.807) is 30.7 Å². The zero-order valence-electron chi connectivity index (χ0n) is 22.0. The Morgan fingerprint density at radius 2 is 2.10 bits per heavy atom. The number of ether oxygens (including phenoxy) is 1. The molecule has 16 heteroatoms. The number of aromatic nitrogens is 6. The molecule has 0 aliphatic carbocycles. The maximum atomic E-state index is 13.6. The van der Waals surface area contributed by atoms with E-state index in [0.29, 0.717) is 5.69 Å². The number of tetrazole rings is 1. The first-order valence-electron chi connectivity index (χ1n) is 12.2. The van der Waals surface area contributed by atoms with Gasteiger partial charge in [0.2, 0.25) is 5.91 Å². The number of sulfonamides is 1. The average Bonchev–Trinajstić information content (AvgIpc) is 3.57. The molecule has 4 rings (SSSR count). The number of fused-ring (bicyclic) bond motifs is 1. The summed E-state index contributed by atoms with van der Waals surface area (Å²) < 4.78 is 36.4. The molecule has 0 radical (unpaired) electrons. The second-order valence-electron chi connectivity index (χ2n) is 9.55. The number of hydrogen-bond acceptors (Lipinski definition) is 10. The molecule has 210 valence electrons. The molecule has 0 bridgehead atoms. The van der Waals surface area contributed by atoms with Gasteiger partial charge in [-0.05, 0) is 35.5 Å². The van der Waals surface area contributed by atoms with Crippen molar-refractivity contribution in [1.82, 2.24) is 39.0 Å². The van der Waals surface area contributed by atoms with Crippen molar-refractivity contribution in [2.45, 2.75) is 37.6 Å². The molecule has 0 saturated heterocycles. The molecule has 2 aromatic heterocycles. The number of benzene rings is 1. The van der Waals surface area contributed by atoms with Gasteiger partial charge in [0.15, 0.2) is 5.03 Å². The van der Waals surface area contributed by atoms with Crippen LogP contribution in [0.15, 0.2) is 42.1 Å². The van der Waals surface area contributed by atoms with Crippen molar-refractivity contribution in [2.24, 2.45) is 13.0 Å². The lowest BCUT2D eigenvalue weighted by atomic mass is 9.99. The zero-order valence-corrected chi connectivity index (χ0v) is 22.8. The van der Waals surface area contributed by atoms with E-state index in [4.69, 9.17) is 4.74 Å². The third kappa shape index (κ3) is 6.23. The smallest absolute Gasteiger partial charge is 0.261 e. The number of carbonyl (C=O) groups is 2. The molecule has 0 saturated carbocycles. The number of hydrogen-bond donors (Lipinski definition) is 2. The second-order valence-corrected chi connectivity index (χ2v) is 11.5. The van der Waals surface area contributed by atoms with Crippen molar-refractivity contribution in [3.63, 3.8) is 0 Å². The summed E-state index contributed by atoms with van der Waals surface area (Å²) in [6.07, 6.45) is 3.49. The fraction of sp³-hybridized carbons (Fsp3) is 0.478. The largest absolute Gasteiger partial charge is 0.488 e. The predicted octanol–water partition coefficient (Wildman–Crippen LogP) is -0.414. The maximum Gasteiger partial charge on any atom is 0.261 e. The van der Waals surface area contributed by atoms with Crippen LogP contribution in [0.2, 0.25) is 0 Å². The van der Waals surface area contributed by atoms with Gasteiger partial charge < -0.3 is 24.6 Å². The zero-order chi connectivity index (χ0) is 28.3. The summed E-state index contributed by atoms with van der Waals surface area (Å²) >= 11 is 0. The normalized spacial score (nSPS) is 18.7. The van der Waals surface area contributed by atoms with Crippen molar-refractivity contribution in [3.05, 3.63) is 42.6 Å². The number of nitrogens with zero attached hydrogens (tertiary/aromatic N) is 8. The summed E-state index contributed by atoms with van der Waals surface area (Å²) in [7, 11) is -0.762. The van der Waals surface area contributed by atoms with E-state index in [1.807, 2.05) is 6.92 Å². The van der Waals surface area contributed by atoms with E-state index in [9.17, 15) is 23.1 Å². The summed E-state index contributed by atoms with van der Waals surface area (Å²) in [5, 5.41) is 23.1. The molecule has 3 heterocycles. The highest BCUT2D eigenvalue weighted by Crippen LogP contribution is 2.31. The first kappa shape index (κ1) is 28.1. The fourth-order valence-corrected chi connectivity index (χ4v) is 5.29. The highest BCUT2D eigenvalue weighted by atomic mass is 32.2. The van der Waals surface area contributed by atoms with Crippen LogP contribution >= 0.6 is 0 Å². The van der Waals surface area contributed by atoms with E-state index in [1.165, 1.54) is 45.9 Å². The Bertz CT molecular complexity index is 1430. The van der Waals surface area contributed by atoms with Crippen LogP contribution in [0.1, 0.15) is 24.2 Å². The SMILES string of the molecule is C[C@@H]1CN([C@H](C)CO)C(=O)c2cc(NC(=O)Cn3cnnn3)ccc2O[C@@H]1CN(C)S(=O)(=O)c1cn(C)cn1. The minimum atomic E-state index is -3.89. The molecule has 3 aromatic rings. The van der Waals surface area contributed by atoms with Gasteiger partial charge in [0, 0.05) is 38.4 Å². The third-order valence-corrected chi connectivity index (χ3v) is 8.15. The van der Waals surface area contributed by atoms with Gasteiger partial charge in [-0.25, -0.2) is 18.1 Å². The first-order chi connectivity index (χ1) is 18.5. The molecule has 1 aliphatic heterocycles. The molecular formula is C23H31N9O6S. The van der Waals surface area contributed by atoms with Gasteiger partial charge in [0.05, 0.1) is 31.1 Å². The van der Waals surface area contributed by atoms with Crippen molar-refractivity contribution >= 4 is 27.5 Å². The molecule has 15 nitrogen and oxygen atoms in total. The van der Waals surface area contributed by atoms with Gasteiger partial charge in [0.25, 0.3) is 15.9 Å². The Balaban J connectivity index is 1.62. The molecule has 1 aromatic carbocycles. The van der Waals surface area contributed by atoms with Crippen LogP contribution in [0, 0.1) is 5.92 Å². The molecule has 0 spiro atoms. The van der Waals surface area contributed by atoms with Crippen LogP contribution in [0.4, 0.5) is 5.69 Å². The lowest BCUT2D eigenvalue weighted by Gasteiger charge is -2.38. The van der Waals surface area contributed by atoms with E-state index in [0.717, 1.165) is 0 Å². The number of anilines is 1. The Labute approximate surface area is 225 Å². The summed E-state index contributed by atoms with van der Waals surface area (Å²) in [6.45, 7) is 3.37. The number of aryl methyl sites for hydroxylation is 1. The molecule has 0 fully saturated rings. The number of amides is 2. The molecule has 39 heavy (non-hydrogen) atoms. The van der Waals surface area contributed by atoms with Crippen LogP contribution in [0.5, 0.6) is 5.75 Å². The van der Waals surface area contributed by atoms with Gasteiger partial charge >= 0.3 is 0 Å². The van der Waals surface area contributed by atoms with Gasteiger partial charge in [-0.2, -0.15) is 4.31 Å². The van der Waals surface area contributed by atoms with Crippen LogP contribution in [0.3, 0.4) is 0 Å². The van der Waals surface area contributed by atoms with Crippen molar-refractivity contribution in [2.75, 3.05) is 32.1 Å². The number of nitrogens with one attached hydrogen (secondary N) is 1. The summed E-state index contributed by atoms with van der Waals surface area (Å²) in [6, 6.07) is 4.12. The highest BCUT2D eigenvalue weighted by Gasteiger charge is 2.35. The Kier molecular flexibility index (Phi) is 8.27. The number of carbonyl (C=O) groups excluding carboxylic acids is 2. The Morgan fingerprint density at radius 1 is 1.33 bits per heavy atom. The first-order valence-corrected chi connectivity index (χ1v) is 13.6. The van der Waals surface area contributed by atoms with Gasteiger partial charge in [0.1, 0.15) is 24.7 Å². The van der Waals surface area contributed by atoms with Gasteiger partial charge in [-0.1, -0.05) is 6.92 Å². The third-order valence-electron chi connectivity index (χ3n) is 6.44. The van der Waals surface area contributed by atoms with Crippen LogP contribution in [-0.2, 0) is 28.4 Å². The molecule has 0 unspecified atom stereocenters. The summed E-state index contributed by atoms with van der Waals surface area (Å²) in [5.74, 6) is -0.861. The van der Waals surface area contributed by atoms with E-state index >= 15 is 0 Å². The molecular weight excluding hydrogens is 530 g/mol. The molecule has 2 N–H and O–H groups in total. The number of aliphatic hydroxyl groups is 1. The monoisotopic (exact) mass is 561 g/mol. The number of rotatable bonds is 9. The maximum absolute atomic E-state index is 13.6. The molecule has 3 atom stereocenters. The van der Waals surface area contributed by atoms with Crippen LogP contribution in [-0.4, -0.2) is 103 Å². The quantitative estimate of drug-likeness (QED) is 0.349. The standard InChI is InChI=1S/C23H31N9O6S/c1-15-8-32(16(2)12-33)23(35)18-7-17(26-21(34)10-31-14-25-27-28-31)5-6-19(18)38-20(15)9-30(4)39(36,37)22-11-29(3)13-24-22/h5-7,11,13-16,20,33H,8-10,12H2,1-4H3,(H,26,34)/t15-,16-,20-/m1/s1. The minimum Gasteiger partial charge on any atom is -0.488 e. The predicted molar refractivity (Wildman–Crippen MR) is 137 cm³/mol. The van der Waals surface area contributed by atoms with Gasteiger partial charge in [-0.15, -0.1) is 5.10 Å². The molecule has 1 aliphatic rings. The van der Waals surface area contributed by atoms with Crippen molar-refractivity contribution < 1.29 is 27.9 Å². The Hall–Kier alpha value is -3.89. The van der Waals surface area contributed by atoms with Crippen molar-refractivity contribution in [1.29, 1.82) is 0 Å². The fourth-order valence-electron chi connectivity index (χ4n) is 4.15. The van der Waals surface area contributed by atoms with E-state index in [2.05, 4.69) is 25.8 Å².